The number of ether oxygens (including phenoxy) is 1. The molecule has 0 saturated heterocycles. The Labute approximate surface area is 193 Å². The van der Waals surface area contributed by atoms with Crippen molar-refractivity contribution in [1.82, 2.24) is 9.36 Å². The molecular formula is C23H28N4O5S. The van der Waals surface area contributed by atoms with E-state index in [1.54, 1.807) is 42.9 Å². The highest BCUT2D eigenvalue weighted by molar-refractivity contribution is 7.92. The Hall–Kier alpha value is -3.53. The predicted octanol–water partition coefficient (Wildman–Crippen LogP) is 2.68. The third-order valence-corrected chi connectivity index (χ3v) is 6.52. The number of nitrogens with zero attached hydrogens (tertiary/aromatic N) is 3. The first kappa shape index (κ1) is 24.1. The molecule has 0 spiro atoms. The summed E-state index contributed by atoms with van der Waals surface area (Å²) in [4.78, 5) is 25.5. The summed E-state index contributed by atoms with van der Waals surface area (Å²) >= 11 is 0. The lowest BCUT2D eigenvalue weighted by Gasteiger charge is -2.24. The summed E-state index contributed by atoms with van der Waals surface area (Å²) < 4.78 is 34.4. The first-order valence-corrected chi connectivity index (χ1v) is 12.2. The first-order valence-electron chi connectivity index (χ1n) is 10.4. The zero-order valence-corrected chi connectivity index (χ0v) is 19.9. The molecule has 0 saturated carbocycles. The topological polar surface area (TPSA) is 103 Å². The van der Waals surface area contributed by atoms with E-state index in [4.69, 9.17) is 4.74 Å². The molecule has 10 heteroatoms. The fourth-order valence-corrected chi connectivity index (χ4v) is 4.57. The number of hydrogen-bond acceptors (Lipinski definition) is 5. The molecule has 33 heavy (non-hydrogen) atoms. The zero-order chi connectivity index (χ0) is 24.2. The Kier molecular flexibility index (Phi) is 7.27. The zero-order valence-electron chi connectivity index (χ0n) is 19.1. The normalized spacial score (nSPS) is 11.3. The highest BCUT2D eigenvalue weighted by atomic mass is 32.2. The van der Waals surface area contributed by atoms with Crippen molar-refractivity contribution in [2.45, 2.75) is 19.8 Å². The van der Waals surface area contributed by atoms with Gasteiger partial charge < -0.3 is 10.1 Å². The molecule has 1 aromatic heterocycles. The van der Waals surface area contributed by atoms with Crippen molar-refractivity contribution in [3.05, 3.63) is 70.6 Å². The van der Waals surface area contributed by atoms with Gasteiger partial charge in [0.05, 0.1) is 30.4 Å². The van der Waals surface area contributed by atoms with Gasteiger partial charge in [-0.05, 0) is 37.6 Å². The van der Waals surface area contributed by atoms with Crippen molar-refractivity contribution in [3.8, 4) is 11.4 Å². The second-order valence-electron chi connectivity index (χ2n) is 7.60. The molecule has 0 aliphatic heterocycles. The number of anilines is 2. The summed E-state index contributed by atoms with van der Waals surface area (Å²) in [5.41, 5.74) is 1.59. The third kappa shape index (κ3) is 5.28. The van der Waals surface area contributed by atoms with E-state index in [2.05, 4.69) is 5.32 Å². The molecule has 3 rings (SSSR count). The van der Waals surface area contributed by atoms with Crippen LogP contribution in [-0.4, -0.2) is 43.6 Å². The molecule has 9 nitrogen and oxygen atoms in total. The number of benzene rings is 2. The number of nitrogens with one attached hydrogen (secondary N) is 1. The van der Waals surface area contributed by atoms with Crippen LogP contribution in [0.1, 0.15) is 18.5 Å². The van der Waals surface area contributed by atoms with Gasteiger partial charge in [-0.2, -0.15) is 0 Å². The number of hydrogen-bond donors (Lipinski definition) is 1. The summed E-state index contributed by atoms with van der Waals surface area (Å²) in [7, 11) is -0.373. The van der Waals surface area contributed by atoms with Crippen LogP contribution in [0.3, 0.4) is 0 Å². The van der Waals surface area contributed by atoms with Gasteiger partial charge in [0, 0.05) is 20.0 Å². The lowest BCUT2D eigenvalue weighted by atomic mass is 10.2. The number of aromatic nitrogens is 2. The number of para-hydroxylation sites is 3. The molecule has 0 aliphatic carbocycles. The van der Waals surface area contributed by atoms with Crippen LogP contribution in [0.4, 0.5) is 11.4 Å². The number of carbonyl (C=O) groups is 1. The Bertz CT molecular complexity index is 1300. The van der Waals surface area contributed by atoms with Crippen molar-refractivity contribution < 1.29 is 17.9 Å². The van der Waals surface area contributed by atoms with Crippen molar-refractivity contribution in [3.63, 3.8) is 0 Å². The molecule has 0 atom stereocenters. The molecule has 0 unspecified atom stereocenters. The molecule has 0 aliphatic rings. The van der Waals surface area contributed by atoms with Crippen LogP contribution in [0.25, 0.3) is 5.69 Å². The highest BCUT2D eigenvalue weighted by Gasteiger charge is 2.22. The second-order valence-corrected chi connectivity index (χ2v) is 9.50. The lowest BCUT2D eigenvalue weighted by molar-refractivity contribution is -0.116. The Balaban J connectivity index is 1.72. The fraction of sp³-hybridized carbons (Fsp3) is 0.304. The maximum atomic E-state index is 12.9. The van der Waals surface area contributed by atoms with E-state index in [0.29, 0.717) is 22.8 Å². The van der Waals surface area contributed by atoms with E-state index < -0.39 is 10.0 Å². The molecule has 0 bridgehead atoms. The lowest BCUT2D eigenvalue weighted by Crippen LogP contribution is -2.32. The largest absolute Gasteiger partial charge is 0.495 e. The van der Waals surface area contributed by atoms with Crippen molar-refractivity contribution >= 4 is 27.3 Å². The minimum Gasteiger partial charge on any atom is -0.495 e. The van der Waals surface area contributed by atoms with Gasteiger partial charge in [0.25, 0.3) is 5.56 Å². The fourth-order valence-electron chi connectivity index (χ4n) is 3.60. The van der Waals surface area contributed by atoms with Crippen LogP contribution in [0, 0.1) is 6.92 Å². The predicted molar refractivity (Wildman–Crippen MR) is 129 cm³/mol. The average molecular weight is 473 g/mol. The van der Waals surface area contributed by atoms with Crippen LogP contribution >= 0.6 is 0 Å². The third-order valence-electron chi connectivity index (χ3n) is 5.34. The van der Waals surface area contributed by atoms with Gasteiger partial charge in [-0.25, -0.2) is 13.1 Å². The van der Waals surface area contributed by atoms with Crippen LogP contribution in [0.5, 0.6) is 5.75 Å². The number of rotatable bonds is 9. The van der Waals surface area contributed by atoms with Gasteiger partial charge in [-0.3, -0.25) is 18.6 Å². The van der Waals surface area contributed by atoms with Crippen LogP contribution in [0.2, 0.25) is 0 Å². The number of amides is 1. The average Bonchev–Trinajstić information content (AvgIpc) is 2.99. The van der Waals surface area contributed by atoms with E-state index >= 15 is 0 Å². The van der Waals surface area contributed by atoms with Crippen LogP contribution in [0.15, 0.2) is 59.4 Å². The smallest absolute Gasteiger partial charge is 0.295 e. The van der Waals surface area contributed by atoms with E-state index in [0.717, 1.165) is 6.26 Å². The molecule has 1 amide bonds. The van der Waals surface area contributed by atoms with Gasteiger partial charge >= 0.3 is 0 Å². The highest BCUT2D eigenvalue weighted by Crippen LogP contribution is 2.29. The summed E-state index contributed by atoms with van der Waals surface area (Å²) in [6, 6.07) is 15.9. The molecular weight excluding hydrogens is 444 g/mol. The van der Waals surface area contributed by atoms with Crippen molar-refractivity contribution in [2.24, 2.45) is 7.05 Å². The van der Waals surface area contributed by atoms with E-state index in [-0.39, 0.29) is 36.5 Å². The molecule has 2 aromatic carbocycles. The quantitative estimate of drug-likeness (QED) is 0.516. The molecule has 1 heterocycles. The summed E-state index contributed by atoms with van der Waals surface area (Å²) in [6.07, 6.45) is 1.41. The first-order chi connectivity index (χ1) is 15.6. The Morgan fingerprint density at radius 1 is 1.09 bits per heavy atom. The minimum atomic E-state index is -3.59. The maximum Gasteiger partial charge on any atom is 0.295 e. The van der Waals surface area contributed by atoms with E-state index in [1.165, 1.54) is 16.1 Å². The van der Waals surface area contributed by atoms with E-state index in [9.17, 15) is 18.0 Å². The van der Waals surface area contributed by atoms with Crippen LogP contribution in [-0.2, 0) is 21.9 Å². The molecule has 3 aromatic rings. The van der Waals surface area contributed by atoms with Gasteiger partial charge in [0.2, 0.25) is 15.9 Å². The number of sulfonamides is 1. The van der Waals surface area contributed by atoms with E-state index in [1.807, 2.05) is 30.3 Å². The van der Waals surface area contributed by atoms with Gasteiger partial charge in [-0.15, -0.1) is 0 Å². The number of carbonyl (C=O) groups excluding carboxylic acids is 1. The minimum absolute atomic E-state index is 0.0419. The molecule has 0 fully saturated rings. The summed E-state index contributed by atoms with van der Waals surface area (Å²) in [6.45, 7) is 1.85. The van der Waals surface area contributed by atoms with Crippen molar-refractivity contribution in [2.75, 3.05) is 29.5 Å². The SMILES string of the molecule is COc1ccccc1N(CCCC(=O)Nc1c(C)n(C)n(-c2ccccc2)c1=O)S(C)(=O)=O. The van der Waals surface area contributed by atoms with Gasteiger partial charge in [-0.1, -0.05) is 30.3 Å². The molecule has 0 radical (unpaired) electrons. The standard InChI is InChI=1S/C23H28N4O5S/c1-17-22(23(29)27(25(17)2)18-11-6-5-7-12-18)24-21(28)15-10-16-26(33(4,30)31)19-13-8-9-14-20(19)32-3/h5-9,11-14H,10,15-16H2,1-4H3,(H,24,28). The maximum absolute atomic E-state index is 12.9. The van der Waals surface area contributed by atoms with Gasteiger partial charge in [0.15, 0.2) is 0 Å². The van der Waals surface area contributed by atoms with Gasteiger partial charge in [0.1, 0.15) is 11.4 Å². The molecule has 176 valence electrons. The summed E-state index contributed by atoms with van der Waals surface area (Å²) in [5.74, 6) is 0.0586. The summed E-state index contributed by atoms with van der Waals surface area (Å²) in [5, 5.41) is 2.70. The monoisotopic (exact) mass is 472 g/mol. The Morgan fingerprint density at radius 3 is 2.36 bits per heavy atom. The van der Waals surface area contributed by atoms with Crippen molar-refractivity contribution in [1.29, 1.82) is 0 Å². The number of methoxy groups -OCH3 is 1. The molecule has 1 N–H and O–H groups in total. The van der Waals surface area contributed by atoms with Crippen LogP contribution < -0.4 is 19.9 Å². The second kappa shape index (κ2) is 9.95. The Morgan fingerprint density at radius 2 is 1.73 bits per heavy atom.